The number of carbonyl (C=O) groups excluding carboxylic acids is 2. The third kappa shape index (κ3) is 5.26. The molecule has 8 heteroatoms. The van der Waals surface area contributed by atoms with Crippen LogP contribution in [0.15, 0.2) is 42.5 Å². The lowest BCUT2D eigenvalue weighted by Gasteiger charge is -2.17. The number of ether oxygens (including phenoxy) is 1. The van der Waals surface area contributed by atoms with E-state index in [0.717, 1.165) is 23.0 Å². The van der Waals surface area contributed by atoms with Gasteiger partial charge in [0, 0.05) is 0 Å². The van der Waals surface area contributed by atoms with Crippen molar-refractivity contribution in [2.24, 2.45) is 0 Å². The van der Waals surface area contributed by atoms with Crippen molar-refractivity contribution in [1.29, 1.82) is 0 Å². The number of carbonyl (C=O) groups is 2. The highest BCUT2D eigenvalue weighted by molar-refractivity contribution is 6.32. The second-order valence-electron chi connectivity index (χ2n) is 6.65. The highest BCUT2D eigenvalue weighted by Crippen LogP contribution is 2.25. The maximum absolute atomic E-state index is 12.7. The fourth-order valence-electron chi connectivity index (χ4n) is 3.02. The summed E-state index contributed by atoms with van der Waals surface area (Å²) in [5.74, 6) is 0.329. The first-order chi connectivity index (χ1) is 14.0. The summed E-state index contributed by atoms with van der Waals surface area (Å²) in [5, 5.41) is 5.99. The van der Waals surface area contributed by atoms with Gasteiger partial charge in [-0.05, 0) is 36.2 Å². The Bertz CT molecular complexity index is 985. The molecule has 3 N–H and O–H groups in total. The number of anilines is 1. The molecule has 7 nitrogen and oxygen atoms in total. The molecule has 29 heavy (non-hydrogen) atoms. The molecule has 2 aromatic carbocycles. The number of halogens is 1. The van der Waals surface area contributed by atoms with Gasteiger partial charge in [0.2, 0.25) is 17.8 Å². The fourth-order valence-corrected chi connectivity index (χ4v) is 3.30. The topological polar surface area (TPSA) is 96.1 Å². The standard InChI is InChI=1S/C21H23ClN4O3/c1-3-6-17(20(28)26-21-24-15-7-4-5-8-16(15)25-21)23-19(27)12-13-9-10-18(29-2)14(22)11-13/h4-5,7-11,17H,3,6,12H2,1-2H3,(H,23,27)(H2,24,25,26,28)/t17-/m0/s1. The molecule has 3 rings (SSSR count). The fraction of sp³-hybridized carbons (Fsp3) is 0.286. The van der Waals surface area contributed by atoms with Gasteiger partial charge in [0.1, 0.15) is 11.8 Å². The van der Waals surface area contributed by atoms with E-state index in [4.69, 9.17) is 16.3 Å². The van der Waals surface area contributed by atoms with Crippen LogP contribution in [0, 0.1) is 0 Å². The number of fused-ring (bicyclic) bond motifs is 1. The van der Waals surface area contributed by atoms with Gasteiger partial charge >= 0.3 is 0 Å². The molecular formula is C21H23ClN4O3. The SMILES string of the molecule is CCC[C@H](NC(=O)Cc1ccc(OC)c(Cl)c1)C(=O)Nc1nc2ccccc2[nH]1. The Morgan fingerprint density at radius 1 is 1.24 bits per heavy atom. The highest BCUT2D eigenvalue weighted by atomic mass is 35.5. The first-order valence-corrected chi connectivity index (χ1v) is 9.75. The van der Waals surface area contributed by atoms with Gasteiger partial charge in [0.05, 0.1) is 29.6 Å². The molecule has 0 fully saturated rings. The zero-order valence-electron chi connectivity index (χ0n) is 16.3. The van der Waals surface area contributed by atoms with Gasteiger partial charge in [0.15, 0.2) is 0 Å². The minimum Gasteiger partial charge on any atom is -0.495 e. The molecule has 0 aliphatic rings. The van der Waals surface area contributed by atoms with Crippen LogP contribution in [0.25, 0.3) is 11.0 Å². The van der Waals surface area contributed by atoms with E-state index < -0.39 is 6.04 Å². The summed E-state index contributed by atoms with van der Waals surface area (Å²) in [6.45, 7) is 1.96. The molecule has 3 aromatic rings. The van der Waals surface area contributed by atoms with Crippen molar-refractivity contribution >= 4 is 40.4 Å². The van der Waals surface area contributed by atoms with E-state index in [0.29, 0.717) is 23.1 Å². The van der Waals surface area contributed by atoms with E-state index in [-0.39, 0.29) is 18.2 Å². The molecule has 0 saturated carbocycles. The van der Waals surface area contributed by atoms with Gasteiger partial charge in [-0.3, -0.25) is 14.9 Å². The van der Waals surface area contributed by atoms with Crippen LogP contribution in [0.3, 0.4) is 0 Å². The number of imidazole rings is 1. The molecule has 152 valence electrons. The monoisotopic (exact) mass is 414 g/mol. The molecule has 1 atom stereocenters. The van der Waals surface area contributed by atoms with E-state index in [1.54, 1.807) is 18.2 Å². The van der Waals surface area contributed by atoms with E-state index in [9.17, 15) is 9.59 Å². The number of methoxy groups -OCH3 is 1. The summed E-state index contributed by atoms with van der Waals surface area (Å²) in [6.07, 6.45) is 1.37. The lowest BCUT2D eigenvalue weighted by atomic mass is 10.1. The van der Waals surface area contributed by atoms with Gasteiger partial charge in [-0.15, -0.1) is 0 Å². The van der Waals surface area contributed by atoms with Crippen molar-refractivity contribution in [3.8, 4) is 5.75 Å². The maximum Gasteiger partial charge on any atom is 0.249 e. The molecule has 0 unspecified atom stereocenters. The number of hydrogen-bond donors (Lipinski definition) is 3. The minimum absolute atomic E-state index is 0.113. The molecule has 1 aromatic heterocycles. The Kier molecular flexibility index (Phi) is 6.72. The molecule has 0 radical (unpaired) electrons. The van der Waals surface area contributed by atoms with E-state index in [2.05, 4.69) is 20.6 Å². The molecule has 0 spiro atoms. The summed E-state index contributed by atoms with van der Waals surface area (Å²) in [5.41, 5.74) is 2.33. The molecule has 1 heterocycles. The quantitative estimate of drug-likeness (QED) is 0.523. The second-order valence-corrected chi connectivity index (χ2v) is 7.05. The van der Waals surface area contributed by atoms with Crippen LogP contribution >= 0.6 is 11.6 Å². The summed E-state index contributed by atoms with van der Waals surface area (Å²) in [6, 6.07) is 12.0. The number of aromatic nitrogens is 2. The third-order valence-electron chi connectivity index (χ3n) is 4.44. The van der Waals surface area contributed by atoms with Crippen molar-refractivity contribution < 1.29 is 14.3 Å². The Morgan fingerprint density at radius 3 is 2.72 bits per heavy atom. The number of benzene rings is 2. The van der Waals surface area contributed by atoms with Gasteiger partial charge in [-0.1, -0.05) is 43.1 Å². The number of nitrogens with zero attached hydrogens (tertiary/aromatic N) is 1. The first-order valence-electron chi connectivity index (χ1n) is 9.37. The third-order valence-corrected chi connectivity index (χ3v) is 4.74. The molecule has 0 aliphatic carbocycles. The van der Waals surface area contributed by atoms with E-state index >= 15 is 0 Å². The van der Waals surface area contributed by atoms with Crippen LogP contribution in [-0.4, -0.2) is 34.9 Å². The number of aromatic amines is 1. The second kappa shape index (κ2) is 9.43. The first kappa shape index (κ1) is 20.7. The predicted molar refractivity (Wildman–Crippen MR) is 113 cm³/mol. The smallest absolute Gasteiger partial charge is 0.249 e. The zero-order chi connectivity index (χ0) is 20.8. The van der Waals surface area contributed by atoms with E-state index in [1.165, 1.54) is 7.11 Å². The Balaban J connectivity index is 1.64. The average molecular weight is 415 g/mol. The van der Waals surface area contributed by atoms with E-state index in [1.807, 2.05) is 31.2 Å². The lowest BCUT2D eigenvalue weighted by molar-refractivity contribution is -0.126. The molecule has 0 saturated heterocycles. The number of rotatable bonds is 8. The predicted octanol–water partition coefficient (Wildman–Crippen LogP) is 3.69. The van der Waals surface area contributed by atoms with Crippen LogP contribution < -0.4 is 15.4 Å². The van der Waals surface area contributed by atoms with Gasteiger partial charge in [-0.25, -0.2) is 4.98 Å². The average Bonchev–Trinajstić information content (AvgIpc) is 3.10. The highest BCUT2D eigenvalue weighted by Gasteiger charge is 2.21. The summed E-state index contributed by atoms with van der Waals surface area (Å²) in [7, 11) is 1.53. The van der Waals surface area contributed by atoms with Crippen LogP contribution in [0.4, 0.5) is 5.95 Å². The van der Waals surface area contributed by atoms with Crippen LogP contribution in [-0.2, 0) is 16.0 Å². The van der Waals surface area contributed by atoms with Crippen LogP contribution in [0.1, 0.15) is 25.3 Å². The maximum atomic E-state index is 12.7. The number of amides is 2. The Morgan fingerprint density at radius 2 is 2.03 bits per heavy atom. The summed E-state index contributed by atoms with van der Waals surface area (Å²) >= 11 is 6.11. The molecule has 2 amide bonds. The largest absolute Gasteiger partial charge is 0.495 e. The Labute approximate surface area is 173 Å². The normalized spacial score (nSPS) is 11.8. The number of para-hydroxylation sites is 2. The number of hydrogen-bond acceptors (Lipinski definition) is 4. The van der Waals surface area contributed by atoms with Crippen molar-refractivity contribution in [2.75, 3.05) is 12.4 Å². The van der Waals surface area contributed by atoms with Crippen molar-refractivity contribution in [3.63, 3.8) is 0 Å². The van der Waals surface area contributed by atoms with Gasteiger partial charge < -0.3 is 15.0 Å². The molecular weight excluding hydrogens is 392 g/mol. The lowest BCUT2D eigenvalue weighted by Crippen LogP contribution is -2.44. The summed E-state index contributed by atoms with van der Waals surface area (Å²) < 4.78 is 5.12. The van der Waals surface area contributed by atoms with Crippen molar-refractivity contribution in [2.45, 2.75) is 32.2 Å². The number of nitrogens with one attached hydrogen (secondary N) is 3. The van der Waals surface area contributed by atoms with Crippen molar-refractivity contribution in [3.05, 3.63) is 53.1 Å². The van der Waals surface area contributed by atoms with Crippen LogP contribution in [0.2, 0.25) is 5.02 Å². The van der Waals surface area contributed by atoms with Crippen LogP contribution in [0.5, 0.6) is 5.75 Å². The zero-order valence-corrected chi connectivity index (χ0v) is 17.0. The molecule has 0 aliphatic heterocycles. The van der Waals surface area contributed by atoms with Gasteiger partial charge in [-0.2, -0.15) is 0 Å². The summed E-state index contributed by atoms with van der Waals surface area (Å²) in [4.78, 5) is 32.5. The van der Waals surface area contributed by atoms with Crippen molar-refractivity contribution in [1.82, 2.24) is 15.3 Å². The van der Waals surface area contributed by atoms with Gasteiger partial charge in [0.25, 0.3) is 0 Å². The minimum atomic E-state index is -0.658. The molecule has 0 bridgehead atoms. The Hall–Kier alpha value is -3.06. The number of H-pyrrole nitrogens is 1.